The van der Waals surface area contributed by atoms with Gasteiger partial charge < -0.3 is 16.0 Å². The van der Waals surface area contributed by atoms with Gasteiger partial charge in [0.2, 0.25) is 5.91 Å². The van der Waals surface area contributed by atoms with E-state index in [2.05, 4.69) is 27.0 Å². The lowest BCUT2D eigenvalue weighted by molar-refractivity contribution is -0.121. The Morgan fingerprint density at radius 3 is 2.57 bits per heavy atom. The number of aliphatic imine (C=N–C) groups is 1. The highest BCUT2D eigenvalue weighted by atomic mass is 32.1. The van der Waals surface area contributed by atoms with Gasteiger partial charge in [-0.25, -0.2) is 0 Å². The van der Waals surface area contributed by atoms with E-state index in [0.717, 1.165) is 12.1 Å². The van der Waals surface area contributed by atoms with Gasteiger partial charge in [-0.15, -0.1) is 11.3 Å². The standard InChI is InChI=1S/C17H22N4OS/c1-18-17(21-13-15-8-5-11-23-15)19-10-9-16(22)20-12-14-6-3-2-4-7-14/h2-8,11H,9-10,12-13H2,1H3,(H,20,22)(H2,18,19,21). The first-order valence-electron chi connectivity index (χ1n) is 7.55. The Labute approximate surface area is 140 Å². The van der Waals surface area contributed by atoms with Crippen LogP contribution in [-0.2, 0) is 17.9 Å². The van der Waals surface area contributed by atoms with Crippen molar-refractivity contribution in [1.29, 1.82) is 0 Å². The second-order valence-corrected chi connectivity index (χ2v) is 5.98. The molecule has 0 radical (unpaired) electrons. The Morgan fingerprint density at radius 2 is 1.87 bits per heavy atom. The summed E-state index contributed by atoms with van der Waals surface area (Å²) in [6, 6.07) is 14.0. The van der Waals surface area contributed by atoms with E-state index in [1.807, 2.05) is 41.8 Å². The molecule has 6 heteroatoms. The number of nitrogens with zero attached hydrogens (tertiary/aromatic N) is 1. The molecule has 1 heterocycles. The second-order valence-electron chi connectivity index (χ2n) is 4.94. The summed E-state index contributed by atoms with van der Waals surface area (Å²) in [6.45, 7) is 1.84. The summed E-state index contributed by atoms with van der Waals surface area (Å²) in [7, 11) is 1.72. The molecule has 5 nitrogen and oxygen atoms in total. The number of nitrogens with one attached hydrogen (secondary N) is 3. The van der Waals surface area contributed by atoms with E-state index in [1.54, 1.807) is 18.4 Å². The fourth-order valence-corrected chi connectivity index (χ4v) is 2.63. The van der Waals surface area contributed by atoms with E-state index < -0.39 is 0 Å². The number of amides is 1. The molecule has 1 aromatic heterocycles. The number of carbonyl (C=O) groups excluding carboxylic acids is 1. The molecule has 1 amide bonds. The van der Waals surface area contributed by atoms with E-state index in [-0.39, 0.29) is 5.91 Å². The van der Waals surface area contributed by atoms with Crippen molar-refractivity contribution in [2.75, 3.05) is 13.6 Å². The maximum absolute atomic E-state index is 11.8. The number of benzene rings is 1. The molecule has 0 fully saturated rings. The predicted molar refractivity (Wildman–Crippen MR) is 95.4 cm³/mol. The molecule has 122 valence electrons. The maximum Gasteiger partial charge on any atom is 0.222 e. The van der Waals surface area contributed by atoms with Gasteiger partial charge in [-0.2, -0.15) is 0 Å². The van der Waals surface area contributed by atoms with Crippen molar-refractivity contribution in [3.63, 3.8) is 0 Å². The van der Waals surface area contributed by atoms with Crippen LogP contribution in [-0.4, -0.2) is 25.5 Å². The summed E-state index contributed by atoms with van der Waals surface area (Å²) < 4.78 is 0. The van der Waals surface area contributed by atoms with Gasteiger partial charge in [0.1, 0.15) is 0 Å². The first-order valence-corrected chi connectivity index (χ1v) is 8.43. The smallest absolute Gasteiger partial charge is 0.222 e. The Bertz CT molecular complexity index is 611. The molecule has 23 heavy (non-hydrogen) atoms. The average molecular weight is 330 g/mol. The van der Waals surface area contributed by atoms with Gasteiger partial charge in [0.25, 0.3) is 0 Å². The van der Waals surface area contributed by atoms with Crippen molar-refractivity contribution in [2.45, 2.75) is 19.5 Å². The normalized spacial score (nSPS) is 11.1. The molecule has 2 aromatic rings. The van der Waals surface area contributed by atoms with Crippen LogP contribution in [0, 0.1) is 0 Å². The highest BCUT2D eigenvalue weighted by Gasteiger charge is 2.03. The molecule has 1 aromatic carbocycles. The first-order chi connectivity index (χ1) is 11.3. The molecule has 0 bridgehead atoms. The summed E-state index contributed by atoms with van der Waals surface area (Å²) in [5, 5.41) is 11.3. The Kier molecular flexibility index (Phi) is 7.13. The van der Waals surface area contributed by atoms with Crippen molar-refractivity contribution < 1.29 is 4.79 Å². The molecule has 2 rings (SSSR count). The first kappa shape index (κ1) is 17.0. The van der Waals surface area contributed by atoms with Gasteiger partial charge in [0, 0.05) is 31.4 Å². The third-order valence-electron chi connectivity index (χ3n) is 3.21. The lowest BCUT2D eigenvalue weighted by Crippen LogP contribution is -2.38. The van der Waals surface area contributed by atoms with Crippen LogP contribution >= 0.6 is 11.3 Å². The SMILES string of the molecule is CN=C(NCCC(=O)NCc1ccccc1)NCc1cccs1. The fourth-order valence-electron chi connectivity index (χ4n) is 1.98. The minimum absolute atomic E-state index is 0.0232. The lowest BCUT2D eigenvalue weighted by atomic mass is 10.2. The third kappa shape index (κ3) is 6.52. The quantitative estimate of drug-likeness (QED) is 0.538. The highest BCUT2D eigenvalue weighted by molar-refractivity contribution is 7.09. The molecule has 0 aliphatic carbocycles. The van der Waals surface area contributed by atoms with Gasteiger partial charge in [-0.1, -0.05) is 36.4 Å². The topological polar surface area (TPSA) is 65.5 Å². The minimum Gasteiger partial charge on any atom is -0.356 e. The number of hydrogen-bond acceptors (Lipinski definition) is 3. The van der Waals surface area contributed by atoms with Crippen LogP contribution in [0.5, 0.6) is 0 Å². The largest absolute Gasteiger partial charge is 0.356 e. The van der Waals surface area contributed by atoms with Crippen molar-refractivity contribution in [2.24, 2.45) is 4.99 Å². The molecular weight excluding hydrogens is 308 g/mol. The summed E-state index contributed by atoms with van der Waals surface area (Å²) >= 11 is 1.70. The van der Waals surface area contributed by atoms with Crippen LogP contribution in [0.15, 0.2) is 52.8 Å². The molecule has 0 unspecified atom stereocenters. The second kappa shape index (κ2) is 9.63. The number of rotatable bonds is 7. The van der Waals surface area contributed by atoms with Gasteiger partial charge in [0.15, 0.2) is 5.96 Å². The summed E-state index contributed by atoms with van der Waals surface area (Å²) in [5.41, 5.74) is 1.10. The molecule has 0 aliphatic heterocycles. The molecular formula is C17H22N4OS. The zero-order valence-corrected chi connectivity index (χ0v) is 14.0. The van der Waals surface area contributed by atoms with Gasteiger partial charge in [-0.3, -0.25) is 9.79 Å². The maximum atomic E-state index is 11.8. The third-order valence-corrected chi connectivity index (χ3v) is 4.09. The molecule has 0 atom stereocenters. The van der Waals surface area contributed by atoms with Crippen LogP contribution < -0.4 is 16.0 Å². The van der Waals surface area contributed by atoms with E-state index in [0.29, 0.717) is 25.5 Å². The van der Waals surface area contributed by atoms with Crippen LogP contribution in [0.2, 0.25) is 0 Å². The van der Waals surface area contributed by atoms with E-state index in [4.69, 9.17) is 0 Å². The summed E-state index contributed by atoms with van der Waals surface area (Å²) in [4.78, 5) is 17.2. The van der Waals surface area contributed by atoms with E-state index in [9.17, 15) is 4.79 Å². The fraction of sp³-hybridized carbons (Fsp3) is 0.294. The lowest BCUT2D eigenvalue weighted by Gasteiger charge is -2.11. The number of guanidine groups is 1. The van der Waals surface area contributed by atoms with Crippen LogP contribution in [0.3, 0.4) is 0 Å². The van der Waals surface area contributed by atoms with E-state index >= 15 is 0 Å². The Morgan fingerprint density at radius 1 is 1.04 bits per heavy atom. The van der Waals surface area contributed by atoms with E-state index in [1.165, 1.54) is 4.88 Å². The van der Waals surface area contributed by atoms with Crippen LogP contribution in [0.4, 0.5) is 0 Å². The Balaban J connectivity index is 1.61. The number of hydrogen-bond donors (Lipinski definition) is 3. The summed E-state index contributed by atoms with van der Waals surface area (Å²) in [6.07, 6.45) is 0.409. The van der Waals surface area contributed by atoms with Gasteiger partial charge >= 0.3 is 0 Å². The van der Waals surface area contributed by atoms with Crippen molar-refractivity contribution >= 4 is 23.2 Å². The van der Waals surface area contributed by atoms with Crippen molar-refractivity contribution in [3.8, 4) is 0 Å². The summed E-state index contributed by atoms with van der Waals surface area (Å²) in [5.74, 6) is 0.726. The van der Waals surface area contributed by atoms with Crippen molar-refractivity contribution in [3.05, 3.63) is 58.3 Å². The molecule has 0 saturated carbocycles. The van der Waals surface area contributed by atoms with Crippen LogP contribution in [0.1, 0.15) is 16.9 Å². The molecule has 3 N–H and O–H groups in total. The molecule has 0 spiro atoms. The molecule has 0 aliphatic rings. The zero-order chi connectivity index (χ0) is 16.3. The molecule has 0 saturated heterocycles. The van der Waals surface area contributed by atoms with Gasteiger partial charge in [0.05, 0.1) is 6.54 Å². The van der Waals surface area contributed by atoms with Crippen LogP contribution in [0.25, 0.3) is 0 Å². The Hall–Kier alpha value is -2.34. The van der Waals surface area contributed by atoms with Crippen molar-refractivity contribution in [1.82, 2.24) is 16.0 Å². The number of carbonyl (C=O) groups is 1. The average Bonchev–Trinajstić information content (AvgIpc) is 3.10. The van der Waals surface area contributed by atoms with Gasteiger partial charge in [-0.05, 0) is 17.0 Å². The highest BCUT2D eigenvalue weighted by Crippen LogP contribution is 2.07. The minimum atomic E-state index is 0.0232. The predicted octanol–water partition coefficient (Wildman–Crippen LogP) is 2.12. The number of thiophene rings is 1. The zero-order valence-electron chi connectivity index (χ0n) is 13.2. The monoisotopic (exact) mass is 330 g/mol.